The van der Waals surface area contributed by atoms with Crippen molar-refractivity contribution in [3.63, 3.8) is 0 Å². The van der Waals surface area contributed by atoms with Gasteiger partial charge in [0.25, 0.3) is 0 Å². The number of aldehydes is 1. The van der Waals surface area contributed by atoms with Crippen LogP contribution >= 0.6 is 0 Å². The number of allylic oxidation sites excluding steroid dienone is 1. The SMILES string of the molecule is O=C/C=C/c1ccc2c(c1)OCCCO2. The van der Waals surface area contributed by atoms with Gasteiger partial charge in [-0.2, -0.15) is 0 Å². The van der Waals surface area contributed by atoms with Crippen LogP contribution in [0, 0.1) is 0 Å². The second-order valence-corrected chi connectivity index (χ2v) is 3.25. The molecule has 0 saturated heterocycles. The van der Waals surface area contributed by atoms with Gasteiger partial charge in [-0.25, -0.2) is 0 Å². The Bertz CT molecular complexity index is 382. The molecule has 1 aromatic carbocycles. The van der Waals surface area contributed by atoms with Crippen molar-refractivity contribution in [2.45, 2.75) is 6.42 Å². The molecule has 0 saturated carbocycles. The van der Waals surface area contributed by atoms with E-state index in [0.717, 1.165) is 29.8 Å². The summed E-state index contributed by atoms with van der Waals surface area (Å²) in [5.41, 5.74) is 0.936. The highest BCUT2D eigenvalue weighted by Crippen LogP contribution is 2.30. The van der Waals surface area contributed by atoms with Gasteiger partial charge in [-0.1, -0.05) is 12.1 Å². The van der Waals surface area contributed by atoms with Gasteiger partial charge in [0.05, 0.1) is 13.2 Å². The Morgan fingerprint density at radius 3 is 2.73 bits per heavy atom. The Hall–Kier alpha value is -1.77. The molecule has 3 nitrogen and oxygen atoms in total. The van der Waals surface area contributed by atoms with Crippen molar-refractivity contribution in [1.29, 1.82) is 0 Å². The van der Waals surface area contributed by atoms with Crippen LogP contribution in [-0.4, -0.2) is 19.5 Å². The van der Waals surface area contributed by atoms with Crippen molar-refractivity contribution < 1.29 is 14.3 Å². The summed E-state index contributed by atoms with van der Waals surface area (Å²) in [4.78, 5) is 10.2. The third-order valence-corrected chi connectivity index (χ3v) is 2.14. The minimum Gasteiger partial charge on any atom is -0.490 e. The van der Waals surface area contributed by atoms with Gasteiger partial charge in [-0.15, -0.1) is 0 Å². The fraction of sp³-hybridized carbons (Fsp3) is 0.250. The molecule has 1 heterocycles. The quantitative estimate of drug-likeness (QED) is 0.546. The maximum absolute atomic E-state index is 10.2. The molecule has 0 fully saturated rings. The van der Waals surface area contributed by atoms with Crippen LogP contribution in [0.4, 0.5) is 0 Å². The Morgan fingerprint density at radius 1 is 1.13 bits per heavy atom. The van der Waals surface area contributed by atoms with Gasteiger partial charge in [-0.05, 0) is 23.8 Å². The van der Waals surface area contributed by atoms with Gasteiger partial charge in [0.15, 0.2) is 11.5 Å². The molecule has 0 aliphatic carbocycles. The van der Waals surface area contributed by atoms with Crippen molar-refractivity contribution in [2.75, 3.05) is 13.2 Å². The summed E-state index contributed by atoms with van der Waals surface area (Å²) in [6, 6.07) is 5.64. The number of hydrogen-bond acceptors (Lipinski definition) is 3. The lowest BCUT2D eigenvalue weighted by Crippen LogP contribution is -1.97. The highest BCUT2D eigenvalue weighted by atomic mass is 16.5. The van der Waals surface area contributed by atoms with Crippen LogP contribution in [0.25, 0.3) is 6.08 Å². The molecule has 3 heteroatoms. The van der Waals surface area contributed by atoms with Gasteiger partial charge < -0.3 is 9.47 Å². The van der Waals surface area contributed by atoms with Crippen LogP contribution in [0.15, 0.2) is 24.3 Å². The molecule has 1 aliphatic rings. The molecule has 0 N–H and O–H groups in total. The summed E-state index contributed by atoms with van der Waals surface area (Å²) in [5.74, 6) is 1.52. The van der Waals surface area contributed by atoms with Gasteiger partial charge in [0.2, 0.25) is 0 Å². The van der Waals surface area contributed by atoms with Crippen molar-refractivity contribution in [2.24, 2.45) is 0 Å². The fourth-order valence-electron chi connectivity index (χ4n) is 1.43. The lowest BCUT2D eigenvalue weighted by Gasteiger charge is -2.07. The Kier molecular flexibility index (Phi) is 3.02. The topological polar surface area (TPSA) is 35.5 Å². The number of rotatable bonds is 2. The minimum atomic E-state index is 0.674. The standard InChI is InChI=1S/C12H12O3/c13-6-1-3-10-4-5-11-12(9-10)15-8-2-7-14-11/h1,3-6,9H,2,7-8H2/b3-1+. The number of carbonyl (C=O) groups excluding carboxylic acids is 1. The molecular formula is C12H12O3. The smallest absolute Gasteiger partial charge is 0.161 e. The molecule has 1 aliphatic heterocycles. The third kappa shape index (κ3) is 2.37. The Labute approximate surface area is 88.3 Å². The van der Waals surface area contributed by atoms with E-state index in [1.807, 2.05) is 18.2 Å². The fourth-order valence-corrected chi connectivity index (χ4v) is 1.43. The second kappa shape index (κ2) is 4.64. The molecule has 78 valence electrons. The van der Waals surface area contributed by atoms with Crippen molar-refractivity contribution in [3.8, 4) is 11.5 Å². The van der Waals surface area contributed by atoms with E-state index in [1.165, 1.54) is 6.08 Å². The van der Waals surface area contributed by atoms with Crippen LogP contribution in [-0.2, 0) is 4.79 Å². The maximum atomic E-state index is 10.2. The van der Waals surface area contributed by atoms with Crippen molar-refractivity contribution in [1.82, 2.24) is 0 Å². The van der Waals surface area contributed by atoms with E-state index >= 15 is 0 Å². The number of carbonyl (C=O) groups is 1. The number of fused-ring (bicyclic) bond motifs is 1. The van der Waals surface area contributed by atoms with E-state index < -0.39 is 0 Å². The molecule has 0 bridgehead atoms. The Balaban J connectivity index is 2.27. The van der Waals surface area contributed by atoms with Gasteiger partial charge >= 0.3 is 0 Å². The molecule has 1 aromatic rings. The van der Waals surface area contributed by atoms with Crippen molar-refractivity contribution in [3.05, 3.63) is 29.8 Å². The summed E-state index contributed by atoms with van der Waals surface area (Å²) in [6.45, 7) is 1.37. The molecule has 0 radical (unpaired) electrons. The van der Waals surface area contributed by atoms with Crippen LogP contribution in [0.5, 0.6) is 11.5 Å². The number of hydrogen-bond donors (Lipinski definition) is 0. The van der Waals surface area contributed by atoms with E-state index in [1.54, 1.807) is 6.08 Å². The first kappa shape index (κ1) is 9.77. The first-order valence-corrected chi connectivity index (χ1v) is 4.91. The van der Waals surface area contributed by atoms with Crippen LogP contribution < -0.4 is 9.47 Å². The number of benzene rings is 1. The number of ether oxygens (including phenoxy) is 2. The third-order valence-electron chi connectivity index (χ3n) is 2.14. The summed E-state index contributed by atoms with van der Waals surface area (Å²) in [6.07, 6.45) is 4.85. The van der Waals surface area contributed by atoms with E-state index in [2.05, 4.69) is 0 Å². The molecule has 0 amide bonds. The van der Waals surface area contributed by atoms with Gasteiger partial charge in [-0.3, -0.25) is 4.79 Å². The van der Waals surface area contributed by atoms with Crippen LogP contribution in [0.2, 0.25) is 0 Å². The first-order valence-electron chi connectivity index (χ1n) is 4.91. The first-order chi connectivity index (χ1) is 7.40. The monoisotopic (exact) mass is 204 g/mol. The highest BCUT2D eigenvalue weighted by Gasteiger charge is 2.09. The average molecular weight is 204 g/mol. The van der Waals surface area contributed by atoms with Crippen LogP contribution in [0.1, 0.15) is 12.0 Å². The summed E-state index contributed by atoms with van der Waals surface area (Å²) >= 11 is 0. The predicted octanol–water partition coefficient (Wildman–Crippen LogP) is 2.06. The molecule has 0 unspecified atom stereocenters. The van der Waals surface area contributed by atoms with E-state index in [-0.39, 0.29) is 0 Å². The largest absolute Gasteiger partial charge is 0.490 e. The molecule has 0 atom stereocenters. The summed E-state index contributed by atoms with van der Waals surface area (Å²) < 4.78 is 11.0. The molecular weight excluding hydrogens is 192 g/mol. The van der Waals surface area contributed by atoms with Crippen LogP contribution in [0.3, 0.4) is 0 Å². The van der Waals surface area contributed by atoms with Gasteiger partial charge in [0, 0.05) is 6.42 Å². The molecule has 0 aromatic heterocycles. The predicted molar refractivity (Wildman–Crippen MR) is 57.1 cm³/mol. The normalized spacial score (nSPS) is 14.9. The second-order valence-electron chi connectivity index (χ2n) is 3.25. The lowest BCUT2D eigenvalue weighted by molar-refractivity contribution is -0.104. The van der Waals surface area contributed by atoms with Crippen molar-refractivity contribution >= 4 is 12.4 Å². The van der Waals surface area contributed by atoms with Gasteiger partial charge in [0.1, 0.15) is 6.29 Å². The maximum Gasteiger partial charge on any atom is 0.161 e. The molecule has 0 spiro atoms. The van der Waals surface area contributed by atoms with E-state index in [0.29, 0.717) is 13.2 Å². The van der Waals surface area contributed by atoms with E-state index in [9.17, 15) is 4.79 Å². The molecule has 15 heavy (non-hydrogen) atoms. The minimum absolute atomic E-state index is 0.674. The summed E-state index contributed by atoms with van der Waals surface area (Å²) in [5, 5.41) is 0. The zero-order valence-electron chi connectivity index (χ0n) is 8.31. The average Bonchev–Trinajstić information content (AvgIpc) is 2.50. The van der Waals surface area contributed by atoms with E-state index in [4.69, 9.17) is 9.47 Å². The lowest BCUT2D eigenvalue weighted by atomic mass is 10.2. The zero-order chi connectivity index (χ0) is 10.5. The highest BCUT2D eigenvalue weighted by molar-refractivity contribution is 5.74. The summed E-state index contributed by atoms with van der Waals surface area (Å²) in [7, 11) is 0. The zero-order valence-corrected chi connectivity index (χ0v) is 8.31. The molecule has 2 rings (SSSR count). The Morgan fingerprint density at radius 2 is 1.93 bits per heavy atom.